The summed E-state index contributed by atoms with van der Waals surface area (Å²) in [6.45, 7) is 9.15. The Morgan fingerprint density at radius 2 is 1.89 bits per heavy atom. The van der Waals surface area contributed by atoms with Gasteiger partial charge in [-0.2, -0.15) is 0 Å². The monoisotopic (exact) mass is 259 g/mol. The lowest BCUT2D eigenvalue weighted by atomic mass is 9.88. The number of rotatable bonds is 1. The molecule has 0 saturated carbocycles. The molecule has 0 bridgehead atoms. The lowest BCUT2D eigenvalue weighted by Gasteiger charge is -2.39. The van der Waals surface area contributed by atoms with E-state index in [-0.39, 0.29) is 0 Å². The van der Waals surface area contributed by atoms with Crippen molar-refractivity contribution in [2.75, 3.05) is 43.0 Å². The maximum Gasteiger partial charge on any atom is 0.0400 e. The molecule has 0 spiro atoms. The summed E-state index contributed by atoms with van der Waals surface area (Å²) in [5.74, 6) is 0.732. The number of nitrogens with zero attached hydrogens (tertiary/aromatic N) is 2. The Kier molecular flexibility index (Phi) is 3.40. The minimum Gasteiger partial charge on any atom is -0.371 e. The van der Waals surface area contributed by atoms with Crippen LogP contribution in [0.5, 0.6) is 0 Å². The summed E-state index contributed by atoms with van der Waals surface area (Å²) >= 11 is 0. The standard InChI is InChI=1S/C16H25N3/c1-12-10-14-11-15(19-8-6-17-7-9-19)4-5-16(14)18(3)13(12)2/h4-5,11-13,17H,6-10H2,1-3H3/t12?,13-/m0/s1. The second-order valence-electron chi connectivity index (χ2n) is 6.08. The quantitative estimate of drug-likeness (QED) is 0.833. The van der Waals surface area contributed by atoms with Gasteiger partial charge in [-0.15, -0.1) is 0 Å². The molecule has 2 heterocycles. The molecule has 2 aliphatic rings. The number of hydrogen-bond acceptors (Lipinski definition) is 3. The molecule has 1 saturated heterocycles. The molecule has 3 nitrogen and oxygen atoms in total. The molecule has 1 fully saturated rings. The second kappa shape index (κ2) is 5.04. The second-order valence-corrected chi connectivity index (χ2v) is 6.08. The van der Waals surface area contributed by atoms with Crippen LogP contribution in [-0.2, 0) is 6.42 Å². The number of anilines is 2. The molecule has 2 atom stereocenters. The van der Waals surface area contributed by atoms with Crippen molar-refractivity contribution in [2.45, 2.75) is 26.3 Å². The summed E-state index contributed by atoms with van der Waals surface area (Å²) in [5.41, 5.74) is 4.34. The molecule has 1 aromatic carbocycles. The van der Waals surface area contributed by atoms with E-state index < -0.39 is 0 Å². The maximum absolute atomic E-state index is 3.42. The Labute approximate surface area is 116 Å². The summed E-state index contributed by atoms with van der Waals surface area (Å²) in [6, 6.07) is 7.66. The van der Waals surface area contributed by atoms with Crippen molar-refractivity contribution in [1.82, 2.24) is 5.32 Å². The van der Waals surface area contributed by atoms with Gasteiger partial charge in [-0.3, -0.25) is 0 Å². The highest BCUT2D eigenvalue weighted by molar-refractivity contribution is 5.63. The van der Waals surface area contributed by atoms with Gasteiger partial charge in [-0.25, -0.2) is 0 Å². The van der Waals surface area contributed by atoms with Gasteiger partial charge in [0, 0.05) is 50.6 Å². The Bertz CT molecular complexity index is 451. The van der Waals surface area contributed by atoms with E-state index in [1.807, 2.05) is 0 Å². The summed E-state index contributed by atoms with van der Waals surface area (Å²) < 4.78 is 0. The van der Waals surface area contributed by atoms with E-state index in [4.69, 9.17) is 0 Å². The smallest absolute Gasteiger partial charge is 0.0400 e. The fourth-order valence-corrected chi connectivity index (χ4v) is 3.32. The van der Waals surface area contributed by atoms with Crippen LogP contribution >= 0.6 is 0 Å². The lowest BCUT2D eigenvalue weighted by molar-refractivity contribution is 0.443. The zero-order chi connectivity index (χ0) is 13.4. The minimum atomic E-state index is 0.637. The molecule has 0 radical (unpaired) electrons. The zero-order valence-corrected chi connectivity index (χ0v) is 12.3. The fourth-order valence-electron chi connectivity index (χ4n) is 3.32. The number of nitrogens with one attached hydrogen (secondary N) is 1. The van der Waals surface area contributed by atoms with Gasteiger partial charge in [-0.05, 0) is 43.0 Å². The van der Waals surface area contributed by atoms with Crippen molar-refractivity contribution >= 4 is 11.4 Å². The first-order valence-corrected chi connectivity index (χ1v) is 7.48. The minimum absolute atomic E-state index is 0.637. The lowest BCUT2D eigenvalue weighted by Crippen LogP contribution is -2.44. The van der Waals surface area contributed by atoms with Crippen molar-refractivity contribution < 1.29 is 0 Å². The number of benzene rings is 1. The number of fused-ring (bicyclic) bond motifs is 1. The largest absolute Gasteiger partial charge is 0.371 e. The van der Waals surface area contributed by atoms with Crippen molar-refractivity contribution in [3.05, 3.63) is 23.8 Å². The first-order valence-electron chi connectivity index (χ1n) is 7.48. The predicted molar refractivity (Wildman–Crippen MR) is 82.3 cm³/mol. The summed E-state index contributed by atoms with van der Waals surface area (Å²) in [7, 11) is 2.23. The van der Waals surface area contributed by atoms with E-state index in [0.717, 1.165) is 32.1 Å². The summed E-state index contributed by atoms with van der Waals surface area (Å²) in [4.78, 5) is 4.94. The number of piperazine rings is 1. The van der Waals surface area contributed by atoms with Gasteiger partial charge >= 0.3 is 0 Å². The molecule has 1 N–H and O–H groups in total. The molecule has 0 aliphatic carbocycles. The first kappa shape index (κ1) is 12.8. The highest BCUT2D eigenvalue weighted by atomic mass is 15.2. The molecule has 1 aromatic rings. The average Bonchev–Trinajstić information content (AvgIpc) is 2.45. The average molecular weight is 259 g/mol. The van der Waals surface area contributed by atoms with Crippen molar-refractivity contribution in [3.63, 3.8) is 0 Å². The molecule has 19 heavy (non-hydrogen) atoms. The van der Waals surface area contributed by atoms with Gasteiger partial charge < -0.3 is 15.1 Å². The van der Waals surface area contributed by atoms with Crippen LogP contribution < -0.4 is 15.1 Å². The third-order valence-corrected chi connectivity index (χ3v) is 4.90. The molecule has 0 amide bonds. The van der Waals surface area contributed by atoms with E-state index >= 15 is 0 Å². The van der Waals surface area contributed by atoms with Gasteiger partial charge in [0.2, 0.25) is 0 Å². The van der Waals surface area contributed by atoms with Gasteiger partial charge in [0.15, 0.2) is 0 Å². The van der Waals surface area contributed by atoms with Gasteiger partial charge in [0.05, 0.1) is 0 Å². The van der Waals surface area contributed by atoms with Gasteiger partial charge in [0.25, 0.3) is 0 Å². The van der Waals surface area contributed by atoms with Crippen LogP contribution in [-0.4, -0.2) is 39.3 Å². The Morgan fingerprint density at radius 3 is 2.63 bits per heavy atom. The van der Waals surface area contributed by atoms with Crippen LogP contribution in [0.2, 0.25) is 0 Å². The molecular weight excluding hydrogens is 234 g/mol. The third kappa shape index (κ3) is 2.32. The van der Waals surface area contributed by atoms with Crippen LogP contribution in [0.3, 0.4) is 0 Å². The fraction of sp³-hybridized carbons (Fsp3) is 0.625. The molecule has 2 aliphatic heterocycles. The maximum atomic E-state index is 3.42. The van der Waals surface area contributed by atoms with E-state index in [1.54, 1.807) is 0 Å². The molecule has 0 aromatic heterocycles. The van der Waals surface area contributed by atoms with E-state index in [9.17, 15) is 0 Å². The third-order valence-electron chi connectivity index (χ3n) is 4.90. The molecular formula is C16H25N3. The van der Waals surface area contributed by atoms with Crippen LogP contribution in [0.4, 0.5) is 11.4 Å². The Morgan fingerprint density at radius 1 is 1.16 bits per heavy atom. The van der Waals surface area contributed by atoms with Crippen LogP contribution in [0, 0.1) is 5.92 Å². The molecule has 3 heteroatoms. The van der Waals surface area contributed by atoms with Crippen LogP contribution in [0.1, 0.15) is 19.4 Å². The van der Waals surface area contributed by atoms with E-state index in [0.29, 0.717) is 6.04 Å². The molecule has 3 rings (SSSR count). The van der Waals surface area contributed by atoms with Gasteiger partial charge in [0.1, 0.15) is 0 Å². The number of hydrogen-bond donors (Lipinski definition) is 1. The predicted octanol–water partition coefficient (Wildman–Crippen LogP) is 2.11. The van der Waals surface area contributed by atoms with Crippen LogP contribution in [0.15, 0.2) is 18.2 Å². The normalized spacial score (nSPS) is 27.3. The van der Waals surface area contributed by atoms with E-state index in [1.165, 1.54) is 23.4 Å². The van der Waals surface area contributed by atoms with Crippen molar-refractivity contribution in [3.8, 4) is 0 Å². The molecule has 104 valence electrons. The highest BCUT2D eigenvalue weighted by Gasteiger charge is 2.26. The Balaban J connectivity index is 1.89. The summed E-state index contributed by atoms with van der Waals surface area (Å²) in [6.07, 6.45) is 1.21. The van der Waals surface area contributed by atoms with Crippen molar-refractivity contribution in [1.29, 1.82) is 0 Å². The van der Waals surface area contributed by atoms with Crippen LogP contribution in [0.25, 0.3) is 0 Å². The first-order chi connectivity index (χ1) is 9.16. The topological polar surface area (TPSA) is 18.5 Å². The SMILES string of the molecule is CC1Cc2cc(N3CCNCC3)ccc2N(C)[C@H]1C. The van der Waals surface area contributed by atoms with E-state index in [2.05, 4.69) is 54.2 Å². The highest BCUT2D eigenvalue weighted by Crippen LogP contribution is 2.35. The van der Waals surface area contributed by atoms with Gasteiger partial charge in [-0.1, -0.05) is 6.92 Å². The summed E-state index contributed by atoms with van der Waals surface area (Å²) in [5, 5.41) is 3.42. The zero-order valence-electron chi connectivity index (χ0n) is 12.3. The molecule has 1 unspecified atom stereocenters. The Hall–Kier alpha value is -1.22. The van der Waals surface area contributed by atoms with Crippen molar-refractivity contribution in [2.24, 2.45) is 5.92 Å².